The number of nitrogens with one attached hydrogen (secondary N) is 1. The lowest BCUT2D eigenvalue weighted by atomic mass is 9.98. The summed E-state index contributed by atoms with van der Waals surface area (Å²) < 4.78 is 48.8. The molecular formula is C16H25N6O14P2-. The molecule has 0 spiro atoms. The van der Waals surface area contributed by atoms with Gasteiger partial charge in [-0.05, 0) is 6.92 Å². The van der Waals surface area contributed by atoms with Crippen molar-refractivity contribution in [3.63, 3.8) is 0 Å². The molecule has 0 saturated carbocycles. The average molecular weight is 587 g/mol. The summed E-state index contributed by atoms with van der Waals surface area (Å²) in [5, 5.41) is 40.5. The molecule has 2 saturated heterocycles. The van der Waals surface area contributed by atoms with Gasteiger partial charge in [-0.2, -0.15) is 4.98 Å². The Kier molecular flexibility index (Phi) is 8.12. The third kappa shape index (κ3) is 5.83. The Bertz CT molecular complexity index is 1320. The van der Waals surface area contributed by atoms with E-state index in [4.69, 9.17) is 15.2 Å². The molecule has 38 heavy (non-hydrogen) atoms. The van der Waals surface area contributed by atoms with Gasteiger partial charge in [0, 0.05) is 0 Å². The summed E-state index contributed by atoms with van der Waals surface area (Å²) in [5.41, 5.74) is 8.05. The first-order chi connectivity index (χ1) is 17.6. The summed E-state index contributed by atoms with van der Waals surface area (Å²) in [6.07, 6.45) is -11.3. The summed E-state index contributed by atoms with van der Waals surface area (Å²) >= 11 is 0. The van der Waals surface area contributed by atoms with Crippen LogP contribution in [0.3, 0.4) is 0 Å². The molecule has 0 bridgehead atoms. The SMILES string of the molecule is C[C@H]1O[C@H](OP(=O)([O-])OP(=O)([O-])OC[C@H]2O[C@@H](n3cnc4c(=O)[nH]c(N)nc43)[C@H](O)[C@@H]2O)[C@@H](O)[C@@H]([NH3+])[C@@H]1O. The van der Waals surface area contributed by atoms with E-state index in [1.165, 1.54) is 6.92 Å². The number of aliphatic hydroxyl groups is 4. The molecule has 10 N–H and O–H groups in total. The number of nitrogens with two attached hydrogens (primary N) is 1. The van der Waals surface area contributed by atoms with Crippen molar-refractivity contribution in [3.05, 3.63) is 16.7 Å². The van der Waals surface area contributed by atoms with Crippen molar-refractivity contribution in [1.82, 2.24) is 19.5 Å². The van der Waals surface area contributed by atoms with Gasteiger partial charge in [-0.15, -0.1) is 0 Å². The topological polar surface area (TPSA) is 325 Å². The van der Waals surface area contributed by atoms with Crippen LogP contribution in [-0.2, 0) is 32.0 Å². The molecular weight excluding hydrogens is 562 g/mol. The van der Waals surface area contributed by atoms with Crippen molar-refractivity contribution >= 4 is 32.8 Å². The lowest BCUT2D eigenvalue weighted by Gasteiger charge is -2.40. The molecule has 2 aromatic rings. The molecule has 2 aliphatic heterocycles. The zero-order valence-corrected chi connectivity index (χ0v) is 21.2. The predicted molar refractivity (Wildman–Crippen MR) is 115 cm³/mol. The van der Waals surface area contributed by atoms with Crippen LogP contribution in [0, 0.1) is 0 Å². The minimum atomic E-state index is -5.73. The first-order valence-electron chi connectivity index (χ1n) is 10.8. The summed E-state index contributed by atoms with van der Waals surface area (Å²) in [7, 11) is -11.4. The number of H-pyrrole nitrogens is 1. The molecule has 2 fully saturated rings. The Morgan fingerprint density at radius 1 is 1.16 bits per heavy atom. The number of aromatic amines is 1. The van der Waals surface area contributed by atoms with Crippen molar-refractivity contribution < 1.29 is 67.9 Å². The van der Waals surface area contributed by atoms with Gasteiger partial charge in [0.2, 0.25) is 5.95 Å². The number of nitrogen functional groups attached to an aromatic ring is 1. The normalized spacial score (nSPS) is 37.2. The van der Waals surface area contributed by atoms with Crippen molar-refractivity contribution in [1.29, 1.82) is 0 Å². The molecule has 2 unspecified atom stereocenters. The number of imidazole rings is 1. The van der Waals surface area contributed by atoms with Crippen molar-refractivity contribution in [3.8, 4) is 0 Å². The third-order valence-electron chi connectivity index (χ3n) is 5.88. The fraction of sp³-hybridized carbons (Fsp3) is 0.688. The van der Waals surface area contributed by atoms with Crippen LogP contribution in [0.25, 0.3) is 11.2 Å². The van der Waals surface area contributed by atoms with Gasteiger partial charge in [-0.3, -0.25) is 28.0 Å². The van der Waals surface area contributed by atoms with Crippen LogP contribution in [0.4, 0.5) is 5.95 Å². The molecule has 2 aromatic heterocycles. The van der Waals surface area contributed by atoms with Gasteiger partial charge < -0.3 is 55.7 Å². The van der Waals surface area contributed by atoms with E-state index >= 15 is 0 Å². The predicted octanol–water partition coefficient (Wildman–Crippen LogP) is -5.62. The van der Waals surface area contributed by atoms with E-state index in [-0.39, 0.29) is 17.1 Å². The number of aliphatic hydroxyl groups excluding tert-OH is 4. The fourth-order valence-corrected chi connectivity index (χ4v) is 5.98. The van der Waals surface area contributed by atoms with Gasteiger partial charge in [-0.1, -0.05) is 0 Å². The number of aromatic nitrogens is 4. The standard InChI is InChI=1S/C16H26N6O14P2/c1-4-8(23)6(17)10(25)15(33-4)35-38(30,31)36-37(28,29)32-2-5-9(24)11(26)14(34-5)22-3-19-7-12(22)20-16(18)21-13(7)27/h3-6,8-11,14-15,23-26H,2,17H2,1H3,(H,28,29)(H,30,31)(H3,18,20,21,27)/p-1/t4-,5-,6+,8-,9-,10+,11-,14-,15-/m1/s1. The number of anilines is 1. The second-order valence-corrected chi connectivity index (χ2v) is 11.5. The maximum atomic E-state index is 12.2. The number of hydrogen-bond acceptors (Lipinski definition) is 17. The van der Waals surface area contributed by atoms with Gasteiger partial charge in [-0.25, -0.2) is 9.29 Å². The quantitative estimate of drug-likeness (QED) is 0.141. The number of ether oxygens (including phenoxy) is 2. The van der Waals surface area contributed by atoms with Gasteiger partial charge in [0.25, 0.3) is 21.2 Å². The van der Waals surface area contributed by atoms with Crippen LogP contribution in [0.15, 0.2) is 11.1 Å². The Morgan fingerprint density at radius 3 is 2.53 bits per heavy atom. The van der Waals surface area contributed by atoms with Crippen LogP contribution < -0.4 is 26.8 Å². The highest BCUT2D eigenvalue weighted by atomic mass is 31.3. The minimum absolute atomic E-state index is 0.107. The van der Waals surface area contributed by atoms with Crippen LogP contribution in [-0.4, -0.2) is 95.5 Å². The van der Waals surface area contributed by atoms with Crippen LogP contribution in [0.1, 0.15) is 13.2 Å². The van der Waals surface area contributed by atoms with Crippen LogP contribution >= 0.6 is 15.6 Å². The molecule has 4 heterocycles. The van der Waals surface area contributed by atoms with Crippen LogP contribution in [0.5, 0.6) is 0 Å². The maximum absolute atomic E-state index is 12.2. The molecule has 11 atom stereocenters. The number of fused-ring (bicyclic) bond motifs is 1. The Hall–Kier alpha value is -1.87. The van der Waals surface area contributed by atoms with Crippen molar-refractivity contribution in [2.75, 3.05) is 12.3 Å². The molecule has 22 heteroatoms. The average Bonchev–Trinajstić information content (AvgIpc) is 3.35. The van der Waals surface area contributed by atoms with E-state index in [1.807, 2.05) is 0 Å². The van der Waals surface area contributed by atoms with E-state index in [9.17, 15) is 44.1 Å². The molecule has 0 aromatic carbocycles. The van der Waals surface area contributed by atoms with Gasteiger partial charge >= 0.3 is 0 Å². The van der Waals surface area contributed by atoms with Crippen molar-refractivity contribution in [2.24, 2.45) is 0 Å². The second-order valence-electron chi connectivity index (χ2n) is 8.55. The first kappa shape index (κ1) is 29.1. The number of rotatable bonds is 8. The zero-order valence-electron chi connectivity index (χ0n) is 19.4. The Balaban J connectivity index is 1.39. The summed E-state index contributed by atoms with van der Waals surface area (Å²) in [5.74, 6) is -0.270. The van der Waals surface area contributed by atoms with E-state index in [0.29, 0.717) is 0 Å². The molecule has 0 amide bonds. The molecule has 2 aliphatic rings. The number of nitrogens with zero attached hydrogens (tertiary/aromatic N) is 3. The fourth-order valence-electron chi connectivity index (χ4n) is 3.89. The number of quaternary nitrogens is 1. The summed E-state index contributed by atoms with van der Waals surface area (Å²) in [6.45, 7) is 0.318. The van der Waals surface area contributed by atoms with E-state index < -0.39 is 83.0 Å². The largest absolute Gasteiger partial charge is 0.756 e. The van der Waals surface area contributed by atoms with Gasteiger partial charge in [0.05, 0.1) is 19.0 Å². The number of phosphoric ester groups is 2. The minimum Gasteiger partial charge on any atom is -0.756 e. The monoisotopic (exact) mass is 587 g/mol. The molecule has 0 aliphatic carbocycles. The molecule has 214 valence electrons. The molecule has 0 radical (unpaired) electrons. The first-order valence-corrected chi connectivity index (χ1v) is 13.8. The summed E-state index contributed by atoms with van der Waals surface area (Å²) in [6, 6.07) is -1.13. The summed E-state index contributed by atoms with van der Waals surface area (Å²) in [4.78, 5) is 46.2. The van der Waals surface area contributed by atoms with E-state index in [0.717, 1.165) is 10.9 Å². The lowest BCUT2D eigenvalue weighted by Crippen LogP contribution is -2.77. The zero-order chi connectivity index (χ0) is 28.2. The maximum Gasteiger partial charge on any atom is 0.280 e. The second kappa shape index (κ2) is 10.6. The number of phosphoric acid groups is 2. The van der Waals surface area contributed by atoms with E-state index in [2.05, 4.69) is 34.0 Å². The molecule has 4 rings (SSSR count). The van der Waals surface area contributed by atoms with Gasteiger partial charge in [0.1, 0.15) is 30.5 Å². The van der Waals surface area contributed by atoms with Gasteiger partial charge in [0.15, 0.2) is 29.8 Å². The Morgan fingerprint density at radius 2 is 1.84 bits per heavy atom. The smallest absolute Gasteiger partial charge is 0.280 e. The van der Waals surface area contributed by atoms with E-state index in [1.54, 1.807) is 0 Å². The number of hydrogen-bond donors (Lipinski definition) is 7. The third-order valence-corrected chi connectivity index (χ3v) is 8.41. The highest BCUT2D eigenvalue weighted by molar-refractivity contribution is 7.59. The van der Waals surface area contributed by atoms with Crippen molar-refractivity contribution in [2.45, 2.75) is 62.1 Å². The Labute approximate surface area is 211 Å². The highest BCUT2D eigenvalue weighted by Gasteiger charge is 2.47. The van der Waals surface area contributed by atoms with Crippen LogP contribution in [0.2, 0.25) is 0 Å². The lowest BCUT2D eigenvalue weighted by molar-refractivity contribution is -0.485. The molecule has 20 nitrogen and oxygen atoms in total. The highest BCUT2D eigenvalue weighted by Crippen LogP contribution is 2.57.